The minimum atomic E-state index is -0.380. The van der Waals surface area contributed by atoms with Crippen LogP contribution in [0.25, 0.3) is 0 Å². The molecule has 1 atom stereocenters. The standard InChI is InChI=1S/C5H9NO.C3H7NO2.C3H8.C2H6/c1-4-2-3-5(7)6-4;1-6-3(5)2-4;1-3-2;1-2/h4H,2-3H2,1H3,(H,6,7);2,4H2,1H3;3H2,1-2H3;1-2H3. The maximum Gasteiger partial charge on any atom is 0.319 e. The summed E-state index contributed by atoms with van der Waals surface area (Å²) in [5.41, 5.74) is 4.81. The molecule has 1 unspecified atom stereocenters. The summed E-state index contributed by atoms with van der Waals surface area (Å²) in [6.45, 7) is 10.2. The first-order valence-electron chi connectivity index (χ1n) is 6.57. The first-order chi connectivity index (χ1) is 8.51. The van der Waals surface area contributed by atoms with Gasteiger partial charge in [-0.3, -0.25) is 9.59 Å². The zero-order chi connectivity index (χ0) is 15.0. The van der Waals surface area contributed by atoms with Crippen LogP contribution in [-0.4, -0.2) is 31.6 Å². The van der Waals surface area contributed by atoms with E-state index in [1.54, 1.807) is 0 Å². The van der Waals surface area contributed by atoms with Crippen LogP contribution in [0.2, 0.25) is 0 Å². The zero-order valence-electron chi connectivity index (χ0n) is 12.7. The van der Waals surface area contributed by atoms with E-state index in [1.807, 2.05) is 20.8 Å². The number of rotatable bonds is 1. The van der Waals surface area contributed by atoms with Gasteiger partial charge >= 0.3 is 5.97 Å². The summed E-state index contributed by atoms with van der Waals surface area (Å²) in [7, 11) is 1.30. The van der Waals surface area contributed by atoms with Gasteiger partial charge in [-0.15, -0.1) is 0 Å². The fourth-order valence-electron chi connectivity index (χ4n) is 0.850. The number of methoxy groups -OCH3 is 1. The third-order valence-corrected chi connectivity index (χ3v) is 1.61. The Hall–Kier alpha value is -1.10. The van der Waals surface area contributed by atoms with Gasteiger partial charge in [0.05, 0.1) is 13.7 Å². The molecule has 1 heterocycles. The van der Waals surface area contributed by atoms with Crippen LogP contribution in [0.5, 0.6) is 0 Å². The van der Waals surface area contributed by atoms with Crippen molar-refractivity contribution >= 4 is 11.9 Å². The van der Waals surface area contributed by atoms with Crippen LogP contribution in [0.1, 0.15) is 53.9 Å². The smallest absolute Gasteiger partial charge is 0.319 e. The number of esters is 1. The molecule has 0 spiro atoms. The topological polar surface area (TPSA) is 81.4 Å². The van der Waals surface area contributed by atoms with Gasteiger partial charge in [-0.2, -0.15) is 0 Å². The van der Waals surface area contributed by atoms with Gasteiger partial charge in [0.15, 0.2) is 0 Å². The Morgan fingerprint density at radius 2 is 1.89 bits per heavy atom. The Labute approximate surface area is 111 Å². The van der Waals surface area contributed by atoms with Crippen molar-refractivity contribution < 1.29 is 14.3 Å². The molecule has 0 aromatic carbocycles. The van der Waals surface area contributed by atoms with Gasteiger partial charge in [-0.1, -0.05) is 34.1 Å². The molecule has 3 N–H and O–H groups in total. The molecule has 0 aliphatic carbocycles. The molecule has 18 heavy (non-hydrogen) atoms. The van der Waals surface area contributed by atoms with E-state index in [-0.39, 0.29) is 18.4 Å². The molecular formula is C13H30N2O3. The molecule has 0 bridgehead atoms. The molecule has 1 aliphatic heterocycles. The highest BCUT2D eigenvalue weighted by molar-refractivity contribution is 5.78. The fraction of sp³-hybridized carbons (Fsp3) is 0.846. The van der Waals surface area contributed by atoms with Gasteiger partial charge < -0.3 is 15.8 Å². The molecule has 1 fully saturated rings. The Balaban J connectivity index is -0.000000187. The summed E-state index contributed by atoms with van der Waals surface area (Å²) in [5, 5.41) is 2.78. The largest absolute Gasteiger partial charge is 0.468 e. The highest BCUT2D eigenvalue weighted by Gasteiger charge is 2.14. The molecule has 110 valence electrons. The third-order valence-electron chi connectivity index (χ3n) is 1.61. The molecule has 1 amide bonds. The van der Waals surface area contributed by atoms with E-state index in [0.717, 1.165) is 12.8 Å². The molecule has 0 saturated carbocycles. The van der Waals surface area contributed by atoms with E-state index >= 15 is 0 Å². The van der Waals surface area contributed by atoms with E-state index in [1.165, 1.54) is 13.5 Å². The molecule has 1 saturated heterocycles. The van der Waals surface area contributed by atoms with Crippen LogP contribution >= 0.6 is 0 Å². The van der Waals surface area contributed by atoms with E-state index in [2.05, 4.69) is 23.9 Å². The van der Waals surface area contributed by atoms with Gasteiger partial charge in [0.1, 0.15) is 0 Å². The molecule has 1 aliphatic rings. The predicted octanol–water partition coefficient (Wildman–Crippen LogP) is 1.85. The number of ether oxygens (including phenoxy) is 1. The Morgan fingerprint density at radius 3 is 1.94 bits per heavy atom. The average molecular weight is 262 g/mol. The number of carbonyl (C=O) groups is 2. The number of carbonyl (C=O) groups excluding carboxylic acids is 2. The summed E-state index contributed by atoms with van der Waals surface area (Å²) >= 11 is 0. The van der Waals surface area contributed by atoms with E-state index in [0.29, 0.717) is 6.04 Å². The van der Waals surface area contributed by atoms with Crippen molar-refractivity contribution in [1.29, 1.82) is 0 Å². The van der Waals surface area contributed by atoms with E-state index < -0.39 is 0 Å². The van der Waals surface area contributed by atoms with Crippen LogP contribution in [0.3, 0.4) is 0 Å². The molecule has 0 radical (unpaired) electrons. The quantitative estimate of drug-likeness (QED) is 0.707. The molecular weight excluding hydrogens is 232 g/mol. The Kier molecular flexibility index (Phi) is 22.4. The minimum absolute atomic E-state index is 0.0312. The van der Waals surface area contributed by atoms with E-state index in [9.17, 15) is 9.59 Å². The van der Waals surface area contributed by atoms with Crippen molar-refractivity contribution in [2.45, 2.75) is 59.9 Å². The van der Waals surface area contributed by atoms with Crippen molar-refractivity contribution in [3.63, 3.8) is 0 Å². The monoisotopic (exact) mass is 262 g/mol. The molecule has 5 heteroatoms. The maximum atomic E-state index is 10.3. The van der Waals surface area contributed by atoms with Crippen molar-refractivity contribution in [1.82, 2.24) is 5.32 Å². The van der Waals surface area contributed by atoms with E-state index in [4.69, 9.17) is 5.73 Å². The minimum Gasteiger partial charge on any atom is -0.468 e. The maximum absolute atomic E-state index is 10.3. The summed E-state index contributed by atoms with van der Waals surface area (Å²) in [6.07, 6.45) is 2.99. The SMILES string of the molecule is CC.CC1CCC(=O)N1.CCC.COC(=O)CN. The molecule has 1 rings (SSSR count). The number of hydrogen-bond acceptors (Lipinski definition) is 4. The number of nitrogens with two attached hydrogens (primary N) is 1. The summed E-state index contributed by atoms with van der Waals surface area (Å²) in [5.74, 6) is -0.178. The Morgan fingerprint density at radius 1 is 1.44 bits per heavy atom. The summed E-state index contributed by atoms with van der Waals surface area (Å²) < 4.78 is 4.14. The van der Waals surface area contributed by atoms with Crippen LogP contribution in [-0.2, 0) is 14.3 Å². The number of amides is 1. The van der Waals surface area contributed by atoms with Gasteiger partial charge in [-0.05, 0) is 13.3 Å². The lowest BCUT2D eigenvalue weighted by molar-refractivity contribution is -0.138. The normalized spacial score (nSPS) is 15.7. The molecule has 5 nitrogen and oxygen atoms in total. The molecule has 0 aromatic heterocycles. The van der Waals surface area contributed by atoms with Crippen LogP contribution < -0.4 is 11.1 Å². The summed E-state index contributed by atoms with van der Waals surface area (Å²) in [6, 6.07) is 0.424. The van der Waals surface area contributed by atoms with Gasteiger partial charge in [0.25, 0.3) is 0 Å². The first kappa shape index (κ1) is 22.1. The van der Waals surface area contributed by atoms with Crippen molar-refractivity contribution in [3.8, 4) is 0 Å². The second-order valence-electron chi connectivity index (χ2n) is 3.49. The van der Waals surface area contributed by atoms with Gasteiger partial charge in [0, 0.05) is 12.5 Å². The molecule has 0 aromatic rings. The fourth-order valence-corrected chi connectivity index (χ4v) is 0.850. The highest BCUT2D eigenvalue weighted by atomic mass is 16.5. The van der Waals surface area contributed by atoms with Crippen LogP contribution in [0.15, 0.2) is 0 Å². The lowest BCUT2D eigenvalue weighted by atomic mass is 10.3. The highest BCUT2D eigenvalue weighted by Crippen LogP contribution is 2.03. The second kappa shape index (κ2) is 18.3. The zero-order valence-corrected chi connectivity index (χ0v) is 12.7. The van der Waals surface area contributed by atoms with Crippen molar-refractivity contribution in [3.05, 3.63) is 0 Å². The number of hydrogen-bond donors (Lipinski definition) is 2. The van der Waals surface area contributed by atoms with Crippen LogP contribution in [0, 0.1) is 0 Å². The second-order valence-corrected chi connectivity index (χ2v) is 3.49. The number of nitrogens with one attached hydrogen (secondary N) is 1. The van der Waals surface area contributed by atoms with Crippen LogP contribution in [0.4, 0.5) is 0 Å². The average Bonchev–Trinajstić information content (AvgIpc) is 2.76. The predicted molar refractivity (Wildman–Crippen MR) is 75.2 cm³/mol. The first-order valence-corrected chi connectivity index (χ1v) is 6.57. The van der Waals surface area contributed by atoms with Gasteiger partial charge in [-0.25, -0.2) is 0 Å². The van der Waals surface area contributed by atoms with Crippen molar-refractivity contribution in [2.24, 2.45) is 5.73 Å². The lowest BCUT2D eigenvalue weighted by Crippen LogP contribution is -2.21. The Bertz CT molecular complexity index is 191. The van der Waals surface area contributed by atoms with Crippen molar-refractivity contribution in [2.75, 3.05) is 13.7 Å². The summed E-state index contributed by atoms with van der Waals surface area (Å²) in [4.78, 5) is 20.2. The lowest BCUT2D eigenvalue weighted by Gasteiger charge is -1.95. The third kappa shape index (κ3) is 20.3. The van der Waals surface area contributed by atoms with Gasteiger partial charge in [0.2, 0.25) is 5.91 Å².